The number of methoxy groups -OCH3 is 1. The van der Waals surface area contributed by atoms with Crippen LogP contribution in [0.25, 0.3) is 21.3 Å². The van der Waals surface area contributed by atoms with Crippen molar-refractivity contribution in [2.24, 2.45) is 0 Å². The zero-order chi connectivity index (χ0) is 19.6. The third-order valence-corrected chi connectivity index (χ3v) is 5.26. The van der Waals surface area contributed by atoms with Crippen LogP contribution < -0.4 is 5.56 Å². The first kappa shape index (κ1) is 19.2. The second-order valence-electron chi connectivity index (χ2n) is 6.60. The van der Waals surface area contributed by atoms with Gasteiger partial charge in [0.1, 0.15) is 16.5 Å². The molecule has 1 aromatic carbocycles. The standard InChI is InChI=1S/C20H21FN2O3S/c1-12(2)18-22-19-17(20(25)23(18)10-4-5-16(24)26-3)15(11-27-19)13-6-8-14(21)9-7-13/h6-9,11-12H,4-5,10H2,1-3H3. The monoisotopic (exact) mass is 388 g/mol. The predicted molar refractivity (Wildman–Crippen MR) is 105 cm³/mol. The number of fused-ring (bicyclic) bond motifs is 1. The Bertz CT molecular complexity index is 1020. The largest absolute Gasteiger partial charge is 0.469 e. The number of nitrogens with zero attached hydrogens (tertiary/aromatic N) is 2. The van der Waals surface area contributed by atoms with Gasteiger partial charge in [-0.15, -0.1) is 11.3 Å². The van der Waals surface area contributed by atoms with Crippen molar-refractivity contribution < 1.29 is 13.9 Å². The Kier molecular flexibility index (Phi) is 5.70. The van der Waals surface area contributed by atoms with Gasteiger partial charge in [0.2, 0.25) is 0 Å². The second kappa shape index (κ2) is 8.00. The maximum atomic E-state index is 13.3. The molecule has 0 atom stereocenters. The minimum Gasteiger partial charge on any atom is -0.469 e. The van der Waals surface area contributed by atoms with E-state index in [-0.39, 0.29) is 29.7 Å². The van der Waals surface area contributed by atoms with Crippen LogP contribution in [0.3, 0.4) is 0 Å². The fraction of sp³-hybridized carbons (Fsp3) is 0.350. The number of aromatic nitrogens is 2. The van der Waals surface area contributed by atoms with Crippen molar-refractivity contribution in [3.8, 4) is 11.1 Å². The Morgan fingerprint density at radius 1 is 1.30 bits per heavy atom. The Hall–Kier alpha value is -2.54. The topological polar surface area (TPSA) is 61.2 Å². The van der Waals surface area contributed by atoms with Gasteiger partial charge in [-0.3, -0.25) is 14.2 Å². The Morgan fingerprint density at radius 2 is 2.00 bits per heavy atom. The van der Waals surface area contributed by atoms with Crippen molar-refractivity contribution in [3.63, 3.8) is 0 Å². The molecule has 0 aliphatic rings. The lowest BCUT2D eigenvalue weighted by atomic mass is 10.1. The van der Waals surface area contributed by atoms with E-state index >= 15 is 0 Å². The summed E-state index contributed by atoms with van der Waals surface area (Å²) >= 11 is 1.41. The first-order valence-corrected chi connectivity index (χ1v) is 9.65. The molecule has 2 heterocycles. The Balaban J connectivity index is 2.09. The van der Waals surface area contributed by atoms with Crippen LogP contribution in [-0.4, -0.2) is 22.6 Å². The van der Waals surface area contributed by atoms with Crippen LogP contribution in [0, 0.1) is 5.82 Å². The van der Waals surface area contributed by atoms with E-state index < -0.39 is 0 Å². The molecule has 7 heteroatoms. The van der Waals surface area contributed by atoms with Gasteiger partial charge in [-0.25, -0.2) is 9.37 Å². The summed E-state index contributed by atoms with van der Waals surface area (Å²) in [6, 6.07) is 6.08. The number of benzene rings is 1. The first-order valence-electron chi connectivity index (χ1n) is 8.77. The first-order chi connectivity index (χ1) is 12.9. The number of esters is 1. The molecule has 5 nitrogen and oxygen atoms in total. The van der Waals surface area contributed by atoms with Gasteiger partial charge in [0, 0.05) is 29.8 Å². The Morgan fingerprint density at radius 3 is 2.63 bits per heavy atom. The Labute approximate surface area is 160 Å². The quantitative estimate of drug-likeness (QED) is 0.590. The molecule has 0 bridgehead atoms. The molecular weight excluding hydrogens is 367 g/mol. The van der Waals surface area contributed by atoms with Crippen molar-refractivity contribution in [2.75, 3.05) is 7.11 Å². The number of carbonyl (C=O) groups is 1. The minimum atomic E-state index is -0.321. The number of carbonyl (C=O) groups excluding carboxylic acids is 1. The molecule has 0 spiro atoms. The molecule has 27 heavy (non-hydrogen) atoms. The van der Waals surface area contributed by atoms with Gasteiger partial charge in [-0.05, 0) is 24.1 Å². The maximum absolute atomic E-state index is 13.3. The summed E-state index contributed by atoms with van der Waals surface area (Å²) in [7, 11) is 1.35. The lowest BCUT2D eigenvalue weighted by Crippen LogP contribution is -2.26. The number of halogens is 1. The van der Waals surface area contributed by atoms with E-state index in [2.05, 4.69) is 4.74 Å². The molecule has 0 N–H and O–H groups in total. The van der Waals surface area contributed by atoms with Crippen molar-refractivity contribution in [1.82, 2.24) is 9.55 Å². The molecule has 0 saturated heterocycles. The zero-order valence-electron chi connectivity index (χ0n) is 15.5. The van der Waals surface area contributed by atoms with Crippen molar-refractivity contribution >= 4 is 27.5 Å². The summed E-state index contributed by atoms with van der Waals surface area (Å²) in [5, 5.41) is 2.42. The molecule has 2 aromatic heterocycles. The highest BCUT2D eigenvalue weighted by molar-refractivity contribution is 7.17. The van der Waals surface area contributed by atoms with Gasteiger partial charge < -0.3 is 4.74 Å². The highest BCUT2D eigenvalue weighted by atomic mass is 32.1. The minimum absolute atomic E-state index is 0.0663. The lowest BCUT2D eigenvalue weighted by molar-refractivity contribution is -0.140. The van der Waals surface area contributed by atoms with E-state index in [1.165, 1.54) is 30.6 Å². The third kappa shape index (κ3) is 3.93. The molecule has 0 fully saturated rings. The number of hydrogen-bond donors (Lipinski definition) is 0. The molecular formula is C20H21FN2O3S. The maximum Gasteiger partial charge on any atom is 0.305 e. The second-order valence-corrected chi connectivity index (χ2v) is 7.46. The van der Waals surface area contributed by atoms with Crippen LogP contribution >= 0.6 is 11.3 Å². The fourth-order valence-electron chi connectivity index (χ4n) is 3.02. The highest BCUT2D eigenvalue weighted by Gasteiger charge is 2.18. The highest BCUT2D eigenvalue weighted by Crippen LogP contribution is 2.32. The van der Waals surface area contributed by atoms with Gasteiger partial charge in [0.05, 0.1) is 12.5 Å². The summed E-state index contributed by atoms with van der Waals surface area (Å²) in [5.41, 5.74) is 1.40. The summed E-state index contributed by atoms with van der Waals surface area (Å²) in [6.07, 6.45) is 0.739. The van der Waals surface area contributed by atoms with Crippen molar-refractivity contribution in [2.45, 2.75) is 39.2 Å². The van der Waals surface area contributed by atoms with Crippen LogP contribution in [0.15, 0.2) is 34.4 Å². The van der Waals surface area contributed by atoms with E-state index in [4.69, 9.17) is 4.98 Å². The number of rotatable bonds is 6. The molecule has 0 aliphatic heterocycles. The van der Waals surface area contributed by atoms with Crippen LogP contribution in [0.4, 0.5) is 4.39 Å². The molecule has 0 saturated carbocycles. The van der Waals surface area contributed by atoms with Crippen LogP contribution in [-0.2, 0) is 16.1 Å². The fourth-order valence-corrected chi connectivity index (χ4v) is 3.97. The van der Waals surface area contributed by atoms with Gasteiger partial charge in [-0.1, -0.05) is 26.0 Å². The molecule has 3 aromatic rings. The zero-order valence-corrected chi connectivity index (χ0v) is 16.3. The van der Waals surface area contributed by atoms with E-state index in [1.54, 1.807) is 16.7 Å². The number of ether oxygens (including phenoxy) is 1. The number of thiophene rings is 1. The van der Waals surface area contributed by atoms with Crippen molar-refractivity contribution in [1.29, 1.82) is 0 Å². The van der Waals surface area contributed by atoms with Gasteiger partial charge in [0.15, 0.2) is 0 Å². The number of hydrogen-bond acceptors (Lipinski definition) is 5. The molecule has 0 unspecified atom stereocenters. The lowest BCUT2D eigenvalue weighted by Gasteiger charge is -2.15. The van der Waals surface area contributed by atoms with E-state index in [1.807, 2.05) is 19.2 Å². The van der Waals surface area contributed by atoms with E-state index in [0.29, 0.717) is 29.0 Å². The van der Waals surface area contributed by atoms with E-state index in [0.717, 1.165) is 11.1 Å². The van der Waals surface area contributed by atoms with E-state index in [9.17, 15) is 14.0 Å². The summed E-state index contributed by atoms with van der Waals surface area (Å²) in [6.45, 7) is 4.36. The summed E-state index contributed by atoms with van der Waals surface area (Å²) < 4.78 is 19.6. The van der Waals surface area contributed by atoms with Gasteiger partial charge in [0.25, 0.3) is 5.56 Å². The molecule has 3 rings (SSSR count). The molecule has 142 valence electrons. The predicted octanol–water partition coefficient (Wildman–Crippen LogP) is 4.34. The van der Waals surface area contributed by atoms with Crippen LogP contribution in [0.5, 0.6) is 0 Å². The van der Waals surface area contributed by atoms with Crippen LogP contribution in [0.1, 0.15) is 38.4 Å². The average molecular weight is 388 g/mol. The average Bonchev–Trinajstić information content (AvgIpc) is 3.08. The third-order valence-electron chi connectivity index (χ3n) is 4.39. The molecule has 0 amide bonds. The van der Waals surface area contributed by atoms with Crippen molar-refractivity contribution in [3.05, 3.63) is 51.6 Å². The van der Waals surface area contributed by atoms with Crippen LogP contribution in [0.2, 0.25) is 0 Å². The van der Waals surface area contributed by atoms with Gasteiger partial charge in [-0.2, -0.15) is 0 Å². The smallest absolute Gasteiger partial charge is 0.305 e. The van der Waals surface area contributed by atoms with Gasteiger partial charge >= 0.3 is 5.97 Å². The summed E-state index contributed by atoms with van der Waals surface area (Å²) in [4.78, 5) is 30.0. The summed E-state index contributed by atoms with van der Waals surface area (Å²) in [5.74, 6) is 0.144. The molecule has 0 radical (unpaired) electrons. The normalized spacial score (nSPS) is 11.3. The SMILES string of the molecule is COC(=O)CCCn1c(C(C)C)nc2scc(-c3ccc(F)cc3)c2c1=O. The molecule has 0 aliphatic carbocycles.